The number of furan rings is 2. The molecule has 0 radical (unpaired) electrons. The van der Waals surface area contributed by atoms with Crippen LogP contribution < -0.4 is 5.32 Å². The molecule has 3 aromatic heterocycles. The number of benzene rings is 1. The molecule has 0 aliphatic rings. The smallest absolute Gasteiger partial charge is 0.234 e. The minimum absolute atomic E-state index is 0.0490. The lowest BCUT2D eigenvalue weighted by Crippen LogP contribution is -2.38. The Labute approximate surface area is 179 Å². The number of carbonyl (C=O) groups excluding carboxylic acids is 1. The Kier molecular flexibility index (Phi) is 6.47. The first-order valence-electron chi connectivity index (χ1n) is 9.84. The molecule has 0 fully saturated rings. The van der Waals surface area contributed by atoms with Crippen molar-refractivity contribution in [3.8, 4) is 0 Å². The number of rotatable bonds is 9. The lowest BCUT2D eigenvalue weighted by atomic mass is 10.0. The normalized spacial score (nSPS) is 12.2. The molecule has 0 saturated heterocycles. The Balaban J connectivity index is 1.49. The number of nitrogens with zero attached hydrogens (tertiary/aromatic N) is 1. The van der Waals surface area contributed by atoms with Gasteiger partial charge in [-0.3, -0.25) is 9.69 Å². The van der Waals surface area contributed by atoms with Gasteiger partial charge in [-0.2, -0.15) is 0 Å². The number of thiophene rings is 1. The van der Waals surface area contributed by atoms with Crippen LogP contribution in [0.15, 0.2) is 87.4 Å². The number of amides is 1. The van der Waals surface area contributed by atoms with Crippen molar-refractivity contribution in [2.45, 2.75) is 26.1 Å². The standard InChI is InChI=1S/C24H24N2O3S/c1-18-8-10-19(11-9-18)24(22-7-4-14-30-22)25-23(27)17-26(15-20-5-2-12-28-20)16-21-6-3-13-29-21/h2-14,24H,15-17H2,1H3,(H,25,27). The van der Waals surface area contributed by atoms with E-state index in [0.29, 0.717) is 13.1 Å². The van der Waals surface area contributed by atoms with Crippen molar-refractivity contribution in [3.05, 3.63) is 106 Å². The summed E-state index contributed by atoms with van der Waals surface area (Å²) in [4.78, 5) is 16.2. The summed E-state index contributed by atoms with van der Waals surface area (Å²) >= 11 is 1.64. The molecule has 0 bridgehead atoms. The van der Waals surface area contributed by atoms with Crippen molar-refractivity contribution in [1.82, 2.24) is 10.2 Å². The van der Waals surface area contributed by atoms with Crippen LogP contribution in [0.5, 0.6) is 0 Å². The topological polar surface area (TPSA) is 58.6 Å². The van der Waals surface area contributed by atoms with Crippen LogP contribution in [0.2, 0.25) is 0 Å². The predicted octanol–water partition coefficient (Wildman–Crippen LogP) is 5.15. The zero-order valence-electron chi connectivity index (χ0n) is 16.8. The Morgan fingerprint density at radius 3 is 2.17 bits per heavy atom. The third-order valence-electron chi connectivity index (χ3n) is 4.83. The highest BCUT2D eigenvalue weighted by molar-refractivity contribution is 7.10. The second kappa shape index (κ2) is 9.61. The van der Waals surface area contributed by atoms with Crippen LogP contribution in [-0.2, 0) is 17.9 Å². The summed E-state index contributed by atoms with van der Waals surface area (Å²) < 4.78 is 11.0. The van der Waals surface area contributed by atoms with E-state index >= 15 is 0 Å². The molecule has 0 saturated carbocycles. The quantitative estimate of drug-likeness (QED) is 0.407. The van der Waals surface area contributed by atoms with Gasteiger partial charge in [-0.25, -0.2) is 0 Å². The maximum atomic E-state index is 13.0. The van der Waals surface area contributed by atoms with Gasteiger partial charge >= 0.3 is 0 Å². The molecule has 154 valence electrons. The summed E-state index contributed by atoms with van der Waals surface area (Å²) in [5.41, 5.74) is 2.26. The van der Waals surface area contributed by atoms with E-state index in [1.54, 1.807) is 23.9 Å². The zero-order chi connectivity index (χ0) is 20.8. The highest BCUT2D eigenvalue weighted by atomic mass is 32.1. The third kappa shape index (κ3) is 5.28. The maximum absolute atomic E-state index is 13.0. The molecule has 1 aromatic carbocycles. The monoisotopic (exact) mass is 420 g/mol. The summed E-state index contributed by atoms with van der Waals surface area (Å²) in [5.74, 6) is 1.57. The van der Waals surface area contributed by atoms with E-state index < -0.39 is 0 Å². The first-order chi connectivity index (χ1) is 14.7. The fraction of sp³-hybridized carbons (Fsp3) is 0.208. The zero-order valence-corrected chi connectivity index (χ0v) is 17.6. The Morgan fingerprint density at radius 2 is 1.63 bits per heavy atom. The van der Waals surface area contributed by atoms with Gasteiger partial charge in [0.05, 0.1) is 38.2 Å². The minimum Gasteiger partial charge on any atom is -0.468 e. The maximum Gasteiger partial charge on any atom is 0.234 e. The van der Waals surface area contributed by atoms with Crippen LogP contribution in [0.4, 0.5) is 0 Å². The first-order valence-corrected chi connectivity index (χ1v) is 10.7. The van der Waals surface area contributed by atoms with Gasteiger partial charge in [-0.15, -0.1) is 11.3 Å². The van der Waals surface area contributed by atoms with Gasteiger partial charge in [-0.05, 0) is 48.2 Å². The molecule has 3 heterocycles. The van der Waals surface area contributed by atoms with Crippen molar-refractivity contribution in [2.24, 2.45) is 0 Å². The number of carbonyl (C=O) groups is 1. The van der Waals surface area contributed by atoms with Crippen LogP contribution >= 0.6 is 11.3 Å². The van der Waals surface area contributed by atoms with Crippen molar-refractivity contribution < 1.29 is 13.6 Å². The van der Waals surface area contributed by atoms with E-state index in [4.69, 9.17) is 8.83 Å². The van der Waals surface area contributed by atoms with Crippen LogP contribution in [0.1, 0.15) is 33.6 Å². The van der Waals surface area contributed by atoms with Gasteiger partial charge in [0.1, 0.15) is 11.5 Å². The molecule has 0 aliphatic carbocycles. The molecule has 1 amide bonds. The molecule has 4 rings (SSSR count). The summed E-state index contributed by atoms with van der Waals surface area (Å²) in [7, 11) is 0. The van der Waals surface area contributed by atoms with Crippen molar-refractivity contribution in [3.63, 3.8) is 0 Å². The van der Waals surface area contributed by atoms with E-state index in [-0.39, 0.29) is 18.5 Å². The number of aryl methyl sites for hydroxylation is 1. The predicted molar refractivity (Wildman–Crippen MR) is 117 cm³/mol. The molecule has 4 aromatic rings. The summed E-state index contributed by atoms with van der Waals surface area (Å²) in [6.45, 7) is 3.34. The molecule has 30 heavy (non-hydrogen) atoms. The van der Waals surface area contributed by atoms with Crippen molar-refractivity contribution >= 4 is 17.2 Å². The number of nitrogens with one attached hydrogen (secondary N) is 1. The van der Waals surface area contributed by atoms with Crippen LogP contribution in [0.3, 0.4) is 0 Å². The SMILES string of the molecule is Cc1ccc(C(NC(=O)CN(Cc2ccco2)Cc2ccco2)c2cccs2)cc1. The minimum atomic E-state index is -0.174. The van der Waals surface area contributed by atoms with E-state index in [0.717, 1.165) is 22.0 Å². The third-order valence-corrected chi connectivity index (χ3v) is 5.77. The average molecular weight is 421 g/mol. The van der Waals surface area contributed by atoms with Crippen molar-refractivity contribution in [2.75, 3.05) is 6.54 Å². The number of hydrogen-bond donors (Lipinski definition) is 1. The Bertz CT molecular complexity index is 987. The van der Waals surface area contributed by atoms with Gasteiger partial charge in [0.15, 0.2) is 0 Å². The van der Waals surface area contributed by atoms with Crippen molar-refractivity contribution in [1.29, 1.82) is 0 Å². The molecule has 1 atom stereocenters. The first kappa shape index (κ1) is 20.2. The lowest BCUT2D eigenvalue weighted by Gasteiger charge is -2.23. The fourth-order valence-corrected chi connectivity index (χ4v) is 4.16. The van der Waals surface area contributed by atoms with Crippen LogP contribution in [0.25, 0.3) is 0 Å². The molecular formula is C24H24N2O3S. The summed E-state index contributed by atoms with van der Waals surface area (Å²) in [6, 6.07) is 19.7. The van der Waals surface area contributed by atoms with Crippen LogP contribution in [0, 0.1) is 6.92 Å². The van der Waals surface area contributed by atoms with E-state index in [1.807, 2.05) is 40.6 Å². The Morgan fingerprint density at radius 1 is 0.967 bits per heavy atom. The highest BCUT2D eigenvalue weighted by Gasteiger charge is 2.21. The molecular weight excluding hydrogens is 396 g/mol. The Hall–Kier alpha value is -3.09. The van der Waals surface area contributed by atoms with E-state index in [1.165, 1.54) is 5.56 Å². The average Bonchev–Trinajstić information content (AvgIpc) is 3.51. The summed E-state index contributed by atoms with van der Waals surface area (Å²) in [5, 5.41) is 5.24. The second-order valence-electron chi connectivity index (χ2n) is 7.23. The molecule has 0 aliphatic heterocycles. The largest absolute Gasteiger partial charge is 0.468 e. The van der Waals surface area contributed by atoms with Crippen LogP contribution in [-0.4, -0.2) is 17.4 Å². The molecule has 1 N–H and O–H groups in total. The fourth-order valence-electron chi connectivity index (χ4n) is 3.36. The van der Waals surface area contributed by atoms with E-state index in [9.17, 15) is 4.79 Å². The molecule has 5 nitrogen and oxygen atoms in total. The molecule has 1 unspecified atom stereocenters. The second-order valence-corrected chi connectivity index (χ2v) is 8.21. The van der Waals surface area contributed by atoms with Gasteiger partial charge in [0.2, 0.25) is 5.91 Å². The van der Waals surface area contributed by atoms with Gasteiger partial charge in [0, 0.05) is 4.88 Å². The molecule has 6 heteroatoms. The van der Waals surface area contributed by atoms with E-state index in [2.05, 4.69) is 42.6 Å². The molecule has 0 spiro atoms. The lowest BCUT2D eigenvalue weighted by molar-refractivity contribution is -0.123. The van der Waals surface area contributed by atoms with Gasteiger partial charge < -0.3 is 14.2 Å². The van der Waals surface area contributed by atoms with Gasteiger partial charge in [-0.1, -0.05) is 35.9 Å². The number of hydrogen-bond acceptors (Lipinski definition) is 5. The highest BCUT2D eigenvalue weighted by Crippen LogP contribution is 2.26. The summed E-state index contributed by atoms with van der Waals surface area (Å²) in [6.07, 6.45) is 3.29. The van der Waals surface area contributed by atoms with Gasteiger partial charge in [0.25, 0.3) is 0 Å².